The van der Waals surface area contributed by atoms with E-state index in [-0.39, 0.29) is 18.1 Å². The normalized spacial score (nSPS) is 38.8. The van der Waals surface area contributed by atoms with Gasteiger partial charge in [0.25, 0.3) is 0 Å². The Kier molecular flexibility index (Phi) is 3.58. The van der Waals surface area contributed by atoms with Crippen molar-refractivity contribution in [3.63, 3.8) is 0 Å². The summed E-state index contributed by atoms with van der Waals surface area (Å²) >= 11 is 0. The van der Waals surface area contributed by atoms with E-state index in [2.05, 4.69) is 6.08 Å². The van der Waals surface area contributed by atoms with Crippen LogP contribution in [0.1, 0.15) is 60.8 Å². The summed E-state index contributed by atoms with van der Waals surface area (Å²) in [4.78, 5) is 11.7. The Morgan fingerprint density at radius 1 is 1.33 bits per heavy atom. The van der Waals surface area contributed by atoms with Crippen molar-refractivity contribution in [2.75, 3.05) is 0 Å². The molecule has 0 spiro atoms. The van der Waals surface area contributed by atoms with Crippen LogP contribution in [0.4, 0.5) is 0 Å². The molecule has 21 heavy (non-hydrogen) atoms. The Morgan fingerprint density at radius 2 is 1.90 bits per heavy atom. The number of carboxylic acids is 1. The highest BCUT2D eigenvalue weighted by molar-refractivity contribution is 5.81. The lowest BCUT2D eigenvalue weighted by Gasteiger charge is -2.43. The van der Waals surface area contributed by atoms with Crippen molar-refractivity contribution in [2.45, 2.75) is 78.1 Å². The molecule has 4 heteroatoms. The minimum absolute atomic E-state index is 0.0647. The number of rotatable bonds is 2. The minimum Gasteiger partial charge on any atom is -0.479 e. The fourth-order valence-electron chi connectivity index (χ4n) is 4.22. The van der Waals surface area contributed by atoms with Gasteiger partial charge in [0.05, 0.1) is 11.7 Å². The molecule has 0 radical (unpaired) electrons. The maximum atomic E-state index is 11.7. The number of hydrogen-bond donors (Lipinski definition) is 2. The molecule has 0 aromatic rings. The molecule has 3 atom stereocenters. The SMILES string of the molecule is CC(C)(C)O[C@H]1CCC=C2C(C)(C)[C@](O)(C(=O)O)C[C@@]21C. The first kappa shape index (κ1) is 16.5. The molecule has 2 N–H and O–H groups in total. The standard InChI is InChI=1S/C17H28O4/c1-14(2,3)21-12-9-7-8-11-15(4,5)17(20,13(18)19)10-16(11,12)6/h8,12,20H,7,9-10H2,1-6H3,(H,18,19)/t12-,16-,17+/m0/s1. The van der Waals surface area contributed by atoms with E-state index >= 15 is 0 Å². The number of aliphatic hydroxyl groups is 1. The molecule has 1 fully saturated rings. The van der Waals surface area contributed by atoms with Gasteiger partial charge in [-0.1, -0.05) is 32.4 Å². The highest BCUT2D eigenvalue weighted by Gasteiger charge is 2.66. The highest BCUT2D eigenvalue weighted by Crippen LogP contribution is 2.63. The van der Waals surface area contributed by atoms with Gasteiger partial charge in [-0.05, 0) is 40.0 Å². The zero-order valence-electron chi connectivity index (χ0n) is 14.0. The quantitative estimate of drug-likeness (QED) is 0.768. The maximum Gasteiger partial charge on any atom is 0.336 e. The smallest absolute Gasteiger partial charge is 0.336 e. The fraction of sp³-hybridized carbons (Fsp3) is 0.824. The molecule has 120 valence electrons. The maximum absolute atomic E-state index is 11.7. The molecule has 0 amide bonds. The monoisotopic (exact) mass is 296 g/mol. The van der Waals surface area contributed by atoms with Crippen LogP contribution < -0.4 is 0 Å². The molecule has 2 aliphatic rings. The third-order valence-electron chi connectivity index (χ3n) is 5.28. The van der Waals surface area contributed by atoms with Gasteiger partial charge in [-0.3, -0.25) is 0 Å². The van der Waals surface area contributed by atoms with Gasteiger partial charge >= 0.3 is 5.97 Å². The van der Waals surface area contributed by atoms with Crippen molar-refractivity contribution >= 4 is 5.97 Å². The van der Waals surface area contributed by atoms with E-state index in [1.165, 1.54) is 0 Å². The van der Waals surface area contributed by atoms with Crippen molar-refractivity contribution in [3.05, 3.63) is 11.6 Å². The van der Waals surface area contributed by atoms with Gasteiger partial charge in [0.1, 0.15) is 0 Å². The zero-order chi connectivity index (χ0) is 16.3. The van der Waals surface area contributed by atoms with E-state index in [9.17, 15) is 15.0 Å². The topological polar surface area (TPSA) is 66.8 Å². The summed E-state index contributed by atoms with van der Waals surface area (Å²) in [6.07, 6.45) is 3.98. The lowest BCUT2D eigenvalue weighted by Crippen LogP contribution is -2.48. The highest BCUT2D eigenvalue weighted by atomic mass is 16.5. The Balaban J connectivity index is 2.48. The molecular formula is C17H28O4. The average molecular weight is 296 g/mol. The van der Waals surface area contributed by atoms with Crippen LogP contribution in [0.5, 0.6) is 0 Å². The molecule has 2 aliphatic carbocycles. The number of fused-ring (bicyclic) bond motifs is 1. The lowest BCUT2D eigenvalue weighted by molar-refractivity contribution is -0.169. The van der Waals surface area contributed by atoms with Crippen molar-refractivity contribution in [1.29, 1.82) is 0 Å². The Morgan fingerprint density at radius 3 is 2.38 bits per heavy atom. The number of hydrogen-bond acceptors (Lipinski definition) is 3. The van der Waals surface area contributed by atoms with Gasteiger partial charge in [-0.2, -0.15) is 0 Å². The molecule has 0 aromatic heterocycles. The summed E-state index contributed by atoms with van der Waals surface area (Å²) in [6, 6.07) is 0. The van der Waals surface area contributed by atoms with Gasteiger partial charge in [-0.25, -0.2) is 4.79 Å². The summed E-state index contributed by atoms with van der Waals surface area (Å²) < 4.78 is 6.22. The predicted molar refractivity (Wildman–Crippen MR) is 81.0 cm³/mol. The third-order valence-corrected chi connectivity index (χ3v) is 5.28. The van der Waals surface area contributed by atoms with Crippen LogP contribution >= 0.6 is 0 Å². The van der Waals surface area contributed by atoms with E-state index < -0.39 is 22.4 Å². The molecule has 0 heterocycles. The van der Waals surface area contributed by atoms with Crippen LogP contribution in [0.2, 0.25) is 0 Å². The van der Waals surface area contributed by atoms with Gasteiger partial charge in [-0.15, -0.1) is 0 Å². The lowest BCUT2D eigenvalue weighted by atomic mass is 9.68. The Hall–Kier alpha value is -0.870. The second kappa shape index (κ2) is 4.56. The Bertz CT molecular complexity index is 486. The van der Waals surface area contributed by atoms with Crippen LogP contribution in [-0.2, 0) is 9.53 Å². The second-order valence-electron chi connectivity index (χ2n) is 8.30. The van der Waals surface area contributed by atoms with E-state index in [1.54, 1.807) is 0 Å². The summed E-state index contributed by atoms with van der Waals surface area (Å²) in [5, 5.41) is 20.4. The van der Waals surface area contributed by atoms with E-state index in [1.807, 2.05) is 41.5 Å². The van der Waals surface area contributed by atoms with Crippen LogP contribution in [-0.4, -0.2) is 33.5 Å². The van der Waals surface area contributed by atoms with Gasteiger partial charge in [0, 0.05) is 10.8 Å². The molecule has 4 nitrogen and oxygen atoms in total. The summed E-state index contributed by atoms with van der Waals surface area (Å²) in [5.74, 6) is -1.14. The number of ether oxygens (including phenoxy) is 1. The largest absolute Gasteiger partial charge is 0.479 e. The molecule has 0 aromatic carbocycles. The predicted octanol–water partition coefficient (Wildman–Crippen LogP) is 3.14. The minimum atomic E-state index is -1.74. The third kappa shape index (κ3) is 2.33. The molecule has 2 rings (SSSR count). The summed E-state index contributed by atoms with van der Waals surface area (Å²) in [5.41, 5.74) is -2.21. The first-order valence-electron chi connectivity index (χ1n) is 7.69. The van der Waals surface area contributed by atoms with Gasteiger partial charge in [0.2, 0.25) is 0 Å². The molecule has 0 saturated heterocycles. The fourth-order valence-corrected chi connectivity index (χ4v) is 4.22. The van der Waals surface area contributed by atoms with Crippen molar-refractivity contribution in [3.8, 4) is 0 Å². The van der Waals surface area contributed by atoms with Crippen LogP contribution in [0.3, 0.4) is 0 Å². The number of carbonyl (C=O) groups is 1. The Labute approximate surface area is 127 Å². The summed E-state index contributed by atoms with van der Waals surface area (Å²) in [6.45, 7) is 11.7. The number of aliphatic carboxylic acids is 1. The van der Waals surface area contributed by atoms with E-state index in [0.29, 0.717) is 0 Å². The second-order valence-corrected chi connectivity index (χ2v) is 8.30. The van der Waals surface area contributed by atoms with Gasteiger partial charge in [0.15, 0.2) is 5.60 Å². The van der Waals surface area contributed by atoms with Crippen molar-refractivity contribution in [2.24, 2.45) is 10.8 Å². The molecule has 0 unspecified atom stereocenters. The number of carboxylic acid groups (broad SMARTS) is 1. The summed E-state index contributed by atoms with van der Waals surface area (Å²) in [7, 11) is 0. The van der Waals surface area contributed by atoms with Gasteiger partial charge < -0.3 is 14.9 Å². The van der Waals surface area contributed by atoms with Crippen LogP contribution in [0, 0.1) is 10.8 Å². The van der Waals surface area contributed by atoms with Crippen molar-refractivity contribution < 1.29 is 19.7 Å². The van der Waals surface area contributed by atoms with E-state index in [0.717, 1.165) is 18.4 Å². The number of allylic oxidation sites excluding steroid dienone is 1. The van der Waals surface area contributed by atoms with Crippen LogP contribution in [0.15, 0.2) is 11.6 Å². The average Bonchev–Trinajstić information content (AvgIpc) is 2.45. The molecule has 0 aliphatic heterocycles. The molecule has 0 bridgehead atoms. The zero-order valence-corrected chi connectivity index (χ0v) is 14.0. The molecule has 1 saturated carbocycles. The molecular weight excluding hydrogens is 268 g/mol. The first-order valence-corrected chi connectivity index (χ1v) is 7.69. The van der Waals surface area contributed by atoms with E-state index in [4.69, 9.17) is 4.74 Å². The van der Waals surface area contributed by atoms with Crippen molar-refractivity contribution in [1.82, 2.24) is 0 Å². The first-order chi connectivity index (χ1) is 9.34. The van der Waals surface area contributed by atoms with Crippen LogP contribution in [0.25, 0.3) is 0 Å².